The number of benzene rings is 1. The molecule has 0 spiro atoms. The topological polar surface area (TPSA) is 50.4 Å². The molecule has 0 aromatic heterocycles. The summed E-state index contributed by atoms with van der Waals surface area (Å²) in [4.78, 5) is 12.0. The van der Waals surface area contributed by atoms with Gasteiger partial charge in [0, 0.05) is 17.3 Å². The number of halogens is 1. The lowest BCUT2D eigenvalue weighted by molar-refractivity contribution is -0.117. The molecule has 1 amide bonds. The number of carbonyl (C=O) groups excluding carboxylic acids is 1. The van der Waals surface area contributed by atoms with Crippen molar-refractivity contribution in [3.8, 4) is 0 Å². The van der Waals surface area contributed by atoms with Crippen molar-refractivity contribution in [3.05, 3.63) is 29.8 Å². The van der Waals surface area contributed by atoms with Gasteiger partial charge in [-0.1, -0.05) is 25.0 Å². The number of hydrogen-bond donors (Lipinski definition) is 2. The van der Waals surface area contributed by atoms with Crippen molar-refractivity contribution >= 4 is 35.8 Å². The van der Waals surface area contributed by atoms with Crippen molar-refractivity contribution in [3.63, 3.8) is 0 Å². The predicted octanol–water partition coefficient (Wildman–Crippen LogP) is 3.17. The first kappa shape index (κ1) is 17.6. The van der Waals surface area contributed by atoms with E-state index < -0.39 is 0 Å². The van der Waals surface area contributed by atoms with E-state index in [1.54, 1.807) is 11.8 Å². The Morgan fingerprint density at radius 1 is 1.27 bits per heavy atom. The van der Waals surface area contributed by atoms with E-state index in [1.165, 1.54) is 25.7 Å². The van der Waals surface area contributed by atoms with Gasteiger partial charge in [-0.2, -0.15) is 0 Å². The maximum Gasteiger partial charge on any atom is 0.242 e. The van der Waals surface area contributed by atoms with Gasteiger partial charge in [-0.05, 0) is 30.5 Å². The van der Waals surface area contributed by atoms with Crippen molar-refractivity contribution in [2.24, 2.45) is 0 Å². The Kier molecular flexibility index (Phi) is 7.02. The number of carbonyl (C=O) groups is 1. The van der Waals surface area contributed by atoms with Crippen LogP contribution in [-0.4, -0.2) is 29.7 Å². The van der Waals surface area contributed by atoms with Gasteiger partial charge < -0.3 is 10.1 Å². The van der Waals surface area contributed by atoms with Gasteiger partial charge in [0.2, 0.25) is 5.91 Å². The summed E-state index contributed by atoms with van der Waals surface area (Å²) < 4.78 is 5.89. The van der Waals surface area contributed by atoms with Crippen LogP contribution in [0.1, 0.15) is 31.2 Å². The maximum atomic E-state index is 12.0. The van der Waals surface area contributed by atoms with E-state index in [9.17, 15) is 4.79 Å². The normalized spacial score (nSPS) is 21.5. The molecule has 3 rings (SSSR count). The van der Waals surface area contributed by atoms with Crippen LogP contribution in [0.3, 0.4) is 0 Å². The van der Waals surface area contributed by atoms with Crippen LogP contribution >= 0.6 is 24.2 Å². The van der Waals surface area contributed by atoms with Gasteiger partial charge in [0.25, 0.3) is 0 Å². The first-order valence-corrected chi connectivity index (χ1v) is 8.79. The molecule has 6 heteroatoms. The third kappa shape index (κ3) is 4.88. The number of nitrogens with one attached hydrogen (secondary N) is 2. The maximum absolute atomic E-state index is 12.0. The number of ether oxygens (including phenoxy) is 1. The Morgan fingerprint density at radius 3 is 2.64 bits per heavy atom. The quantitative estimate of drug-likeness (QED) is 0.863. The molecule has 1 aromatic rings. The Bertz CT molecular complexity index is 472. The summed E-state index contributed by atoms with van der Waals surface area (Å²) in [5.74, 6) is 1.75. The van der Waals surface area contributed by atoms with Crippen LogP contribution in [0.2, 0.25) is 0 Å². The zero-order valence-corrected chi connectivity index (χ0v) is 14.2. The molecule has 1 heterocycles. The lowest BCUT2D eigenvalue weighted by Gasteiger charge is -2.12. The largest absolute Gasteiger partial charge is 0.374 e. The highest BCUT2D eigenvalue weighted by atomic mass is 35.5. The van der Waals surface area contributed by atoms with E-state index in [0.717, 1.165) is 22.9 Å². The van der Waals surface area contributed by atoms with Crippen LogP contribution in [0.25, 0.3) is 0 Å². The van der Waals surface area contributed by atoms with Crippen LogP contribution in [0.15, 0.2) is 24.3 Å². The summed E-state index contributed by atoms with van der Waals surface area (Å²) in [7, 11) is 0. The number of rotatable bonds is 5. The van der Waals surface area contributed by atoms with Crippen molar-refractivity contribution in [1.82, 2.24) is 5.32 Å². The summed E-state index contributed by atoms with van der Waals surface area (Å²) in [5, 5.41) is 6.12. The van der Waals surface area contributed by atoms with Crippen LogP contribution in [0, 0.1) is 0 Å². The lowest BCUT2D eigenvalue weighted by Crippen LogP contribution is -2.37. The summed E-state index contributed by atoms with van der Waals surface area (Å²) >= 11 is 1.75. The monoisotopic (exact) mass is 342 g/mol. The highest BCUT2D eigenvalue weighted by molar-refractivity contribution is 7.99. The fourth-order valence-corrected chi connectivity index (χ4v) is 3.69. The second kappa shape index (κ2) is 8.77. The molecule has 1 atom stereocenters. The molecule has 2 aliphatic rings. The molecule has 1 saturated heterocycles. The minimum atomic E-state index is -0.0691. The second-order valence-electron chi connectivity index (χ2n) is 5.68. The van der Waals surface area contributed by atoms with E-state index in [0.29, 0.717) is 12.7 Å². The van der Waals surface area contributed by atoms with Gasteiger partial charge in [0.1, 0.15) is 0 Å². The molecule has 22 heavy (non-hydrogen) atoms. The molecule has 0 bridgehead atoms. The molecule has 4 nitrogen and oxygen atoms in total. The van der Waals surface area contributed by atoms with Gasteiger partial charge in [-0.15, -0.1) is 24.2 Å². The summed E-state index contributed by atoms with van der Waals surface area (Å²) in [6, 6.07) is 7.89. The third-order valence-electron chi connectivity index (χ3n) is 4.04. The zero-order valence-electron chi connectivity index (χ0n) is 12.5. The van der Waals surface area contributed by atoms with E-state index >= 15 is 0 Å². The first-order chi connectivity index (χ1) is 10.3. The van der Waals surface area contributed by atoms with Gasteiger partial charge in [-0.25, -0.2) is 0 Å². The minimum absolute atomic E-state index is 0. The standard InChI is InChI=1S/C16H22N2O2S.ClH/c19-16(15-10-21-11-17-15)18-13-7-5-12(6-8-13)9-20-14-3-1-2-4-14;/h5-8,14-15,17H,1-4,9-11H2,(H,18,19);1H. The van der Waals surface area contributed by atoms with Gasteiger partial charge in [0.15, 0.2) is 0 Å². The van der Waals surface area contributed by atoms with Crippen LogP contribution in [0.5, 0.6) is 0 Å². The second-order valence-corrected chi connectivity index (χ2v) is 6.71. The number of anilines is 1. The average molecular weight is 343 g/mol. The highest BCUT2D eigenvalue weighted by Crippen LogP contribution is 2.22. The van der Waals surface area contributed by atoms with Gasteiger partial charge in [0.05, 0.1) is 18.8 Å². The fraction of sp³-hybridized carbons (Fsp3) is 0.562. The fourth-order valence-electron chi connectivity index (χ4n) is 2.75. The third-order valence-corrected chi connectivity index (χ3v) is 4.98. The summed E-state index contributed by atoms with van der Waals surface area (Å²) in [6.45, 7) is 0.666. The van der Waals surface area contributed by atoms with Crippen molar-refractivity contribution in [2.45, 2.75) is 44.4 Å². The van der Waals surface area contributed by atoms with Gasteiger partial charge in [-0.3, -0.25) is 10.1 Å². The highest BCUT2D eigenvalue weighted by Gasteiger charge is 2.22. The van der Waals surface area contributed by atoms with Crippen LogP contribution < -0.4 is 10.6 Å². The lowest BCUT2D eigenvalue weighted by atomic mass is 10.2. The predicted molar refractivity (Wildman–Crippen MR) is 93.6 cm³/mol. The van der Waals surface area contributed by atoms with Gasteiger partial charge >= 0.3 is 0 Å². The van der Waals surface area contributed by atoms with Crippen molar-refractivity contribution < 1.29 is 9.53 Å². The van der Waals surface area contributed by atoms with E-state index in [-0.39, 0.29) is 24.4 Å². The molecule has 1 aromatic carbocycles. The number of amides is 1. The molecule has 1 aliphatic carbocycles. The van der Waals surface area contributed by atoms with Crippen LogP contribution in [0.4, 0.5) is 5.69 Å². The molecule has 1 aliphatic heterocycles. The van der Waals surface area contributed by atoms with E-state index in [4.69, 9.17) is 4.74 Å². The summed E-state index contributed by atoms with van der Waals surface area (Å²) in [6.07, 6.45) is 5.42. The molecular formula is C16H23ClN2O2S. The number of hydrogen-bond acceptors (Lipinski definition) is 4. The molecule has 2 fully saturated rings. The van der Waals surface area contributed by atoms with E-state index in [1.807, 2.05) is 24.3 Å². The van der Waals surface area contributed by atoms with Crippen molar-refractivity contribution in [2.75, 3.05) is 16.9 Å². The molecular weight excluding hydrogens is 320 g/mol. The van der Waals surface area contributed by atoms with E-state index in [2.05, 4.69) is 10.6 Å². The van der Waals surface area contributed by atoms with Crippen molar-refractivity contribution in [1.29, 1.82) is 0 Å². The van der Waals surface area contributed by atoms with Crippen LogP contribution in [-0.2, 0) is 16.1 Å². The Morgan fingerprint density at radius 2 is 2.00 bits per heavy atom. The zero-order chi connectivity index (χ0) is 14.5. The molecule has 122 valence electrons. The molecule has 1 saturated carbocycles. The molecule has 0 radical (unpaired) electrons. The Hall–Kier alpha value is -0.750. The smallest absolute Gasteiger partial charge is 0.242 e. The molecule has 1 unspecified atom stereocenters. The first-order valence-electron chi connectivity index (χ1n) is 7.64. The minimum Gasteiger partial charge on any atom is -0.374 e. The summed E-state index contributed by atoms with van der Waals surface area (Å²) in [5.41, 5.74) is 2.01. The molecule has 2 N–H and O–H groups in total. The Balaban J connectivity index is 0.00000176. The average Bonchev–Trinajstić information content (AvgIpc) is 3.20. The number of thioether (sulfide) groups is 1. The SMILES string of the molecule is Cl.O=C(Nc1ccc(COC2CCCC2)cc1)C1CSCN1. The Labute approximate surface area is 142 Å².